The van der Waals surface area contributed by atoms with Crippen molar-refractivity contribution in [2.45, 2.75) is 20.3 Å². The number of hydrogen-bond donors (Lipinski definition) is 0. The van der Waals surface area contributed by atoms with Gasteiger partial charge in [-0.3, -0.25) is 0 Å². The van der Waals surface area contributed by atoms with Gasteiger partial charge in [-0.05, 0) is 0 Å². The van der Waals surface area contributed by atoms with E-state index >= 15 is 0 Å². The van der Waals surface area contributed by atoms with Crippen LogP contribution in [0.3, 0.4) is 0 Å². The molecule has 0 aromatic carbocycles. The zero-order valence-corrected chi connectivity index (χ0v) is 8.40. The first-order valence-electron chi connectivity index (χ1n) is 1.91. The summed E-state index contributed by atoms with van der Waals surface area (Å²) in [6, 6.07) is 0. The van der Waals surface area contributed by atoms with Crippen molar-refractivity contribution in [1.29, 1.82) is 0 Å². The van der Waals surface area contributed by atoms with Gasteiger partial charge < -0.3 is 13.8 Å². The summed E-state index contributed by atoms with van der Waals surface area (Å²) >= 11 is 0. The molecule has 0 heterocycles. The van der Waals surface area contributed by atoms with Gasteiger partial charge in [0.2, 0.25) is 0 Å². The van der Waals surface area contributed by atoms with Crippen LogP contribution in [-0.2, 0) is 0 Å². The van der Waals surface area contributed by atoms with Crippen LogP contribution in [0.5, 0.6) is 0 Å². The average Bonchev–Trinajstić information content (AvgIpc) is 1.46. The third-order valence-corrected chi connectivity index (χ3v) is 0. The molecule has 0 bridgehead atoms. The van der Waals surface area contributed by atoms with Crippen LogP contribution in [0.25, 0.3) is 0 Å². The zero-order valence-electron chi connectivity index (χ0n) is 4.70. The van der Waals surface area contributed by atoms with Crippen molar-refractivity contribution in [2.24, 2.45) is 0 Å². The number of rotatable bonds is 0. The molecule has 0 amide bonds. The minimum atomic E-state index is 0. The molecule has 0 saturated carbocycles. The summed E-state index contributed by atoms with van der Waals surface area (Å²) in [4.78, 5) is 0. The molecule has 6 heavy (non-hydrogen) atoms. The Morgan fingerprint density at radius 2 is 1.33 bits per heavy atom. The quantitative estimate of drug-likeness (QED) is 0.540. The van der Waals surface area contributed by atoms with Gasteiger partial charge in [-0.1, -0.05) is 6.92 Å². The molecule has 0 fully saturated rings. The Morgan fingerprint density at radius 1 is 1.33 bits per heavy atom. The summed E-state index contributed by atoms with van der Waals surface area (Å²) in [6.07, 6.45) is 1.00. The Balaban J connectivity index is -0.0000000275. The molecule has 0 unspecified atom stereocenters. The summed E-state index contributed by atoms with van der Waals surface area (Å²) in [6.45, 7) is 10.5. The molecule has 0 nitrogen and oxygen atoms in total. The molecular formula is C5H12Pr-2. The monoisotopic (exact) mass is 213 g/mol. The largest absolute Gasteiger partial charge is 0.346 e. The topological polar surface area (TPSA) is 0 Å². The van der Waals surface area contributed by atoms with E-state index in [1.807, 2.05) is 6.92 Å². The second kappa shape index (κ2) is 32.8. The fourth-order valence-electron chi connectivity index (χ4n) is 0. The first kappa shape index (κ1) is 15.7. The summed E-state index contributed by atoms with van der Waals surface area (Å²) in [5.74, 6) is 0. The molecular weight excluding hydrogens is 201 g/mol. The molecule has 0 aliphatic heterocycles. The van der Waals surface area contributed by atoms with Gasteiger partial charge in [-0.15, -0.1) is 0 Å². The summed E-state index contributed by atoms with van der Waals surface area (Å²) in [7, 11) is 0. The van der Waals surface area contributed by atoms with E-state index in [0.717, 1.165) is 6.42 Å². The molecule has 0 N–H and O–H groups in total. The molecule has 0 saturated heterocycles. The van der Waals surface area contributed by atoms with Crippen molar-refractivity contribution in [3.05, 3.63) is 13.8 Å². The van der Waals surface area contributed by atoms with Gasteiger partial charge in [-0.2, -0.15) is 13.3 Å². The van der Waals surface area contributed by atoms with E-state index in [1.54, 1.807) is 6.92 Å². The maximum absolute atomic E-state index is 3.49. The summed E-state index contributed by atoms with van der Waals surface area (Å²) in [5.41, 5.74) is 0. The van der Waals surface area contributed by atoms with Crippen molar-refractivity contribution in [3.8, 4) is 0 Å². The van der Waals surface area contributed by atoms with Crippen molar-refractivity contribution < 1.29 is 41.3 Å². The van der Waals surface area contributed by atoms with Crippen molar-refractivity contribution in [2.75, 3.05) is 0 Å². The standard InChI is InChI=1S/C3H7.C2H5.Pr/c1-3-2;1-2;/h1,3H2,2H3;1H2,2H3;/q2*-1;. The average molecular weight is 213 g/mol. The van der Waals surface area contributed by atoms with Crippen LogP contribution in [0.1, 0.15) is 20.3 Å². The Hall–Kier alpha value is 1.36. The SMILES string of the molecule is [CH2-]C.[CH2-]CC.[Pr]. The second-order valence-corrected chi connectivity index (χ2v) is 0.500. The van der Waals surface area contributed by atoms with Crippen LogP contribution in [0.2, 0.25) is 0 Å². The van der Waals surface area contributed by atoms with Crippen molar-refractivity contribution in [3.63, 3.8) is 0 Å². The Kier molecular flexibility index (Phi) is 85.5. The molecule has 0 rings (SSSR count). The van der Waals surface area contributed by atoms with Gasteiger partial charge in [0, 0.05) is 41.3 Å². The van der Waals surface area contributed by atoms with Gasteiger partial charge in [0.15, 0.2) is 0 Å². The van der Waals surface area contributed by atoms with Gasteiger partial charge in [0.1, 0.15) is 0 Å². The van der Waals surface area contributed by atoms with E-state index in [9.17, 15) is 0 Å². The van der Waals surface area contributed by atoms with Crippen LogP contribution < -0.4 is 0 Å². The molecule has 0 aromatic heterocycles. The minimum Gasteiger partial charge on any atom is -0.346 e. The van der Waals surface area contributed by atoms with Crippen LogP contribution in [0.4, 0.5) is 0 Å². The smallest absolute Gasteiger partial charge is 0 e. The zero-order chi connectivity index (χ0) is 4.71. The third kappa shape index (κ3) is 54.9. The van der Waals surface area contributed by atoms with Crippen LogP contribution in [0.15, 0.2) is 0 Å². The molecule has 0 atom stereocenters. The fraction of sp³-hybridized carbons (Fsp3) is 0.600. The minimum absolute atomic E-state index is 0. The molecule has 0 aromatic rings. The predicted octanol–water partition coefficient (Wildman–Crippen LogP) is 2.07. The molecule has 1 heteroatoms. The molecule has 37 valence electrons. The van der Waals surface area contributed by atoms with E-state index in [0.29, 0.717) is 0 Å². The Bertz CT molecular complexity index is 3.90. The first-order valence-corrected chi connectivity index (χ1v) is 1.91. The summed E-state index contributed by atoms with van der Waals surface area (Å²) in [5, 5.41) is 0. The van der Waals surface area contributed by atoms with E-state index in [4.69, 9.17) is 0 Å². The van der Waals surface area contributed by atoms with E-state index < -0.39 is 0 Å². The third-order valence-electron chi connectivity index (χ3n) is 0. The molecule has 0 aliphatic carbocycles. The normalized spacial score (nSPS) is 4.00. The van der Waals surface area contributed by atoms with Crippen molar-refractivity contribution >= 4 is 0 Å². The predicted molar refractivity (Wildman–Crippen MR) is 26.7 cm³/mol. The first-order chi connectivity index (χ1) is 2.41. The summed E-state index contributed by atoms with van der Waals surface area (Å²) < 4.78 is 0. The van der Waals surface area contributed by atoms with E-state index in [2.05, 4.69) is 13.8 Å². The Labute approximate surface area is 74.7 Å². The van der Waals surface area contributed by atoms with E-state index in [1.165, 1.54) is 0 Å². The Morgan fingerprint density at radius 3 is 1.33 bits per heavy atom. The molecule has 1 radical (unpaired) electrons. The van der Waals surface area contributed by atoms with Gasteiger partial charge in [-0.25, -0.2) is 0 Å². The van der Waals surface area contributed by atoms with Crippen molar-refractivity contribution in [1.82, 2.24) is 0 Å². The van der Waals surface area contributed by atoms with Gasteiger partial charge in [0.25, 0.3) is 0 Å². The van der Waals surface area contributed by atoms with Crippen LogP contribution >= 0.6 is 0 Å². The van der Waals surface area contributed by atoms with Gasteiger partial charge >= 0.3 is 0 Å². The molecule has 0 spiro atoms. The van der Waals surface area contributed by atoms with Gasteiger partial charge in [0.05, 0.1) is 0 Å². The second-order valence-electron chi connectivity index (χ2n) is 0.500. The molecule has 0 aliphatic rings. The van der Waals surface area contributed by atoms with Crippen LogP contribution in [0, 0.1) is 55.1 Å². The number of hydrogen-bond acceptors (Lipinski definition) is 0. The van der Waals surface area contributed by atoms with E-state index in [-0.39, 0.29) is 41.3 Å². The maximum Gasteiger partial charge on any atom is 0 e. The fourth-order valence-corrected chi connectivity index (χ4v) is 0. The maximum atomic E-state index is 3.49. The van der Waals surface area contributed by atoms with Crippen LogP contribution in [-0.4, -0.2) is 0 Å².